The maximum Gasteiger partial charge on any atom is 0.119 e. The molecule has 4 rings (SSSR count). The quantitative estimate of drug-likeness (QED) is 0.384. The highest BCUT2D eigenvalue weighted by molar-refractivity contribution is 6.08. The summed E-state index contributed by atoms with van der Waals surface area (Å²) in [6, 6.07) is 23.6. The number of aromatic nitrogens is 1. The van der Waals surface area contributed by atoms with Gasteiger partial charge in [0.05, 0.1) is 6.61 Å². The van der Waals surface area contributed by atoms with Crippen molar-refractivity contribution in [2.24, 2.45) is 0 Å². The Morgan fingerprint density at radius 3 is 2.23 bits per heavy atom. The van der Waals surface area contributed by atoms with Gasteiger partial charge in [0, 0.05) is 28.4 Å². The number of hydrogen-bond acceptors (Lipinski definition) is 1. The molecular formula is C24H23NO. The Morgan fingerprint density at radius 2 is 1.46 bits per heavy atom. The van der Waals surface area contributed by atoms with Gasteiger partial charge in [-0.2, -0.15) is 0 Å². The molecule has 1 heterocycles. The van der Waals surface area contributed by atoms with Crippen molar-refractivity contribution in [3.8, 4) is 5.75 Å². The molecule has 26 heavy (non-hydrogen) atoms. The van der Waals surface area contributed by atoms with Gasteiger partial charge in [-0.05, 0) is 55.3 Å². The topological polar surface area (TPSA) is 14.2 Å². The molecule has 0 bridgehead atoms. The molecule has 0 fully saturated rings. The Balaban J connectivity index is 1.70. The molecule has 0 N–H and O–H groups in total. The van der Waals surface area contributed by atoms with Gasteiger partial charge >= 0.3 is 0 Å². The van der Waals surface area contributed by atoms with Gasteiger partial charge in [-0.3, -0.25) is 0 Å². The summed E-state index contributed by atoms with van der Waals surface area (Å²) in [7, 11) is 0. The third kappa shape index (κ3) is 2.99. The summed E-state index contributed by atoms with van der Waals surface area (Å²) in [5, 5.41) is 2.64. The van der Waals surface area contributed by atoms with Crippen LogP contribution in [0.1, 0.15) is 25.0 Å². The van der Waals surface area contributed by atoms with E-state index in [4.69, 9.17) is 4.74 Å². The van der Waals surface area contributed by atoms with E-state index >= 15 is 0 Å². The van der Waals surface area contributed by atoms with E-state index < -0.39 is 0 Å². The number of hydrogen-bond donors (Lipinski definition) is 0. The lowest BCUT2D eigenvalue weighted by Crippen LogP contribution is -1.92. The highest BCUT2D eigenvalue weighted by Crippen LogP contribution is 2.30. The van der Waals surface area contributed by atoms with Crippen LogP contribution in [-0.2, 0) is 6.54 Å². The molecule has 0 atom stereocenters. The summed E-state index contributed by atoms with van der Waals surface area (Å²) in [5.74, 6) is 0.915. The smallest absolute Gasteiger partial charge is 0.119 e. The van der Waals surface area contributed by atoms with Crippen LogP contribution >= 0.6 is 0 Å². The van der Waals surface area contributed by atoms with Crippen molar-refractivity contribution in [1.82, 2.24) is 4.57 Å². The van der Waals surface area contributed by atoms with E-state index in [1.165, 1.54) is 32.9 Å². The number of para-hydroxylation sites is 1. The van der Waals surface area contributed by atoms with Crippen LogP contribution in [-0.4, -0.2) is 11.2 Å². The number of benzene rings is 3. The Hall–Kier alpha value is -3.00. The first kappa shape index (κ1) is 16.5. The first-order valence-electron chi connectivity index (χ1n) is 9.22. The van der Waals surface area contributed by atoms with Crippen LogP contribution < -0.4 is 4.74 Å². The van der Waals surface area contributed by atoms with Crippen LogP contribution in [0.25, 0.3) is 34.0 Å². The zero-order valence-electron chi connectivity index (χ0n) is 15.3. The summed E-state index contributed by atoms with van der Waals surface area (Å²) in [6.07, 6.45) is 4.32. The van der Waals surface area contributed by atoms with Crippen LogP contribution in [0, 0.1) is 0 Å². The zero-order chi connectivity index (χ0) is 17.9. The van der Waals surface area contributed by atoms with Crippen LogP contribution in [0.5, 0.6) is 5.75 Å². The number of fused-ring (bicyclic) bond motifs is 3. The molecule has 0 aliphatic heterocycles. The van der Waals surface area contributed by atoms with E-state index in [-0.39, 0.29) is 0 Å². The SMILES string of the molecule is CCOc1ccc(/C=C/c2ccc3c(c2)c2ccccc2n3CC)cc1. The van der Waals surface area contributed by atoms with Crippen molar-refractivity contribution in [1.29, 1.82) is 0 Å². The van der Waals surface area contributed by atoms with Crippen molar-refractivity contribution in [2.45, 2.75) is 20.4 Å². The summed E-state index contributed by atoms with van der Waals surface area (Å²) in [6.45, 7) is 5.87. The molecular weight excluding hydrogens is 318 g/mol. The van der Waals surface area contributed by atoms with Gasteiger partial charge in [-0.1, -0.05) is 48.6 Å². The van der Waals surface area contributed by atoms with Gasteiger partial charge in [0.15, 0.2) is 0 Å². The molecule has 0 aliphatic carbocycles. The van der Waals surface area contributed by atoms with Crippen molar-refractivity contribution < 1.29 is 4.74 Å². The molecule has 0 unspecified atom stereocenters. The van der Waals surface area contributed by atoms with Gasteiger partial charge in [-0.25, -0.2) is 0 Å². The van der Waals surface area contributed by atoms with Crippen molar-refractivity contribution in [2.75, 3.05) is 6.61 Å². The van der Waals surface area contributed by atoms with Crippen molar-refractivity contribution >= 4 is 34.0 Å². The monoisotopic (exact) mass is 341 g/mol. The third-order valence-corrected chi connectivity index (χ3v) is 4.77. The van der Waals surface area contributed by atoms with Crippen molar-refractivity contribution in [3.63, 3.8) is 0 Å². The Labute approximate surface area is 154 Å². The van der Waals surface area contributed by atoms with E-state index in [0.717, 1.165) is 12.3 Å². The second-order valence-corrected chi connectivity index (χ2v) is 6.37. The van der Waals surface area contributed by atoms with Gasteiger partial charge < -0.3 is 9.30 Å². The summed E-state index contributed by atoms with van der Waals surface area (Å²) < 4.78 is 7.88. The highest BCUT2D eigenvalue weighted by atomic mass is 16.5. The molecule has 2 nitrogen and oxygen atoms in total. The molecule has 0 spiro atoms. The Bertz CT molecular complexity index is 1070. The van der Waals surface area contributed by atoms with Crippen LogP contribution in [0.2, 0.25) is 0 Å². The van der Waals surface area contributed by atoms with E-state index in [1.54, 1.807) is 0 Å². The molecule has 1 aromatic heterocycles. The second kappa shape index (κ2) is 7.09. The van der Waals surface area contributed by atoms with E-state index in [2.05, 4.69) is 78.2 Å². The first-order valence-corrected chi connectivity index (χ1v) is 9.22. The predicted molar refractivity (Wildman–Crippen MR) is 112 cm³/mol. The van der Waals surface area contributed by atoms with Gasteiger partial charge in [0.2, 0.25) is 0 Å². The van der Waals surface area contributed by atoms with Gasteiger partial charge in [-0.15, -0.1) is 0 Å². The maximum atomic E-state index is 5.50. The molecule has 3 aromatic carbocycles. The lowest BCUT2D eigenvalue weighted by atomic mass is 10.1. The lowest BCUT2D eigenvalue weighted by Gasteiger charge is -2.03. The van der Waals surface area contributed by atoms with Gasteiger partial charge in [0.25, 0.3) is 0 Å². The van der Waals surface area contributed by atoms with E-state index in [1.807, 2.05) is 19.1 Å². The van der Waals surface area contributed by atoms with Crippen LogP contribution in [0.3, 0.4) is 0 Å². The maximum absolute atomic E-state index is 5.50. The Kier molecular flexibility index (Phi) is 4.49. The molecule has 0 amide bonds. The standard InChI is InChI=1S/C24H23NO/c1-3-25-23-8-6-5-7-21(23)22-17-19(13-16-24(22)25)10-9-18-11-14-20(15-12-18)26-4-2/h5-17H,3-4H2,1-2H3/b10-9+. The fourth-order valence-electron chi connectivity index (χ4n) is 3.55. The van der Waals surface area contributed by atoms with E-state index in [9.17, 15) is 0 Å². The average Bonchev–Trinajstić information content (AvgIpc) is 3.01. The zero-order valence-corrected chi connectivity index (χ0v) is 15.3. The average molecular weight is 341 g/mol. The number of rotatable bonds is 5. The summed E-state index contributed by atoms with van der Waals surface area (Å²) >= 11 is 0. The van der Waals surface area contributed by atoms with Gasteiger partial charge in [0.1, 0.15) is 5.75 Å². The van der Waals surface area contributed by atoms with Crippen molar-refractivity contribution in [3.05, 3.63) is 77.9 Å². The van der Waals surface area contributed by atoms with Crippen LogP contribution in [0.15, 0.2) is 66.7 Å². The predicted octanol–water partition coefficient (Wildman–Crippen LogP) is 6.38. The largest absolute Gasteiger partial charge is 0.494 e. The van der Waals surface area contributed by atoms with E-state index in [0.29, 0.717) is 6.61 Å². The molecule has 0 saturated heterocycles. The Morgan fingerprint density at radius 1 is 0.769 bits per heavy atom. The van der Waals surface area contributed by atoms with Crippen LogP contribution in [0.4, 0.5) is 0 Å². The number of aryl methyl sites for hydroxylation is 1. The highest BCUT2D eigenvalue weighted by Gasteiger charge is 2.08. The molecule has 0 saturated carbocycles. The molecule has 130 valence electrons. The fourth-order valence-corrected chi connectivity index (χ4v) is 3.55. The first-order chi connectivity index (χ1) is 12.8. The minimum atomic E-state index is 0.695. The normalized spacial score (nSPS) is 11.6. The molecule has 2 heteroatoms. The molecule has 0 radical (unpaired) electrons. The third-order valence-electron chi connectivity index (χ3n) is 4.77. The minimum Gasteiger partial charge on any atom is -0.494 e. The molecule has 4 aromatic rings. The summed E-state index contributed by atoms with van der Waals surface area (Å²) in [4.78, 5) is 0. The lowest BCUT2D eigenvalue weighted by molar-refractivity contribution is 0.340. The number of nitrogens with zero attached hydrogens (tertiary/aromatic N) is 1. The number of ether oxygens (including phenoxy) is 1. The fraction of sp³-hybridized carbons (Fsp3) is 0.167. The summed E-state index contributed by atoms with van der Waals surface area (Å²) in [5.41, 5.74) is 4.99. The second-order valence-electron chi connectivity index (χ2n) is 6.37. The minimum absolute atomic E-state index is 0.695. The molecule has 0 aliphatic rings.